The van der Waals surface area contributed by atoms with Crippen molar-refractivity contribution in [1.29, 1.82) is 0 Å². The number of rotatable bonds is 2. The van der Waals surface area contributed by atoms with Gasteiger partial charge in [-0.05, 0) is 49.0 Å². The monoisotopic (exact) mass is 296 g/mol. The highest BCUT2D eigenvalue weighted by Gasteiger charge is 2.25. The number of anilines is 1. The van der Waals surface area contributed by atoms with E-state index in [2.05, 4.69) is 40.7 Å². The number of likely N-dealkylation sites (tertiary alicyclic amines) is 1. The molecule has 3 heteroatoms. The van der Waals surface area contributed by atoms with Gasteiger partial charge in [-0.15, -0.1) is 0 Å². The first-order valence-electron chi connectivity index (χ1n) is 6.23. The molecule has 0 aromatic heterocycles. The molecular formula is C14H21BrN2. The van der Waals surface area contributed by atoms with Crippen LogP contribution in [0.1, 0.15) is 32.3 Å². The molecule has 1 fully saturated rings. The van der Waals surface area contributed by atoms with Crippen LogP contribution >= 0.6 is 15.9 Å². The Kier molecular flexibility index (Phi) is 3.79. The fraction of sp³-hybridized carbons (Fsp3) is 0.571. The Morgan fingerprint density at radius 1 is 1.29 bits per heavy atom. The summed E-state index contributed by atoms with van der Waals surface area (Å²) in [5.74, 6) is 0. The third-order valence-corrected chi connectivity index (χ3v) is 4.42. The Morgan fingerprint density at radius 3 is 2.53 bits per heavy atom. The number of hydrogen-bond donors (Lipinski definition) is 1. The summed E-state index contributed by atoms with van der Waals surface area (Å²) in [6, 6.07) is 6.09. The summed E-state index contributed by atoms with van der Waals surface area (Å²) in [5.41, 5.74) is 8.43. The number of nitrogens with two attached hydrogens (primary N) is 1. The maximum absolute atomic E-state index is 5.75. The van der Waals surface area contributed by atoms with Gasteiger partial charge in [0, 0.05) is 16.7 Å². The van der Waals surface area contributed by atoms with E-state index >= 15 is 0 Å². The van der Waals surface area contributed by atoms with Crippen LogP contribution < -0.4 is 5.73 Å². The summed E-state index contributed by atoms with van der Waals surface area (Å²) in [5, 5.41) is 0. The van der Waals surface area contributed by atoms with Gasteiger partial charge in [-0.25, -0.2) is 0 Å². The van der Waals surface area contributed by atoms with E-state index in [1.807, 2.05) is 12.1 Å². The SMILES string of the molecule is CC1(C)CCN(Cc2ccc(N)cc2Br)CC1. The normalized spacial score (nSPS) is 20.4. The maximum atomic E-state index is 5.75. The molecular weight excluding hydrogens is 276 g/mol. The van der Waals surface area contributed by atoms with Gasteiger partial charge in [0.25, 0.3) is 0 Å². The lowest BCUT2D eigenvalue weighted by Crippen LogP contribution is -2.36. The Balaban J connectivity index is 1.98. The van der Waals surface area contributed by atoms with Crippen LogP contribution in [0.4, 0.5) is 5.69 Å². The average Bonchev–Trinajstić information content (AvgIpc) is 2.25. The molecule has 2 N–H and O–H groups in total. The first kappa shape index (κ1) is 12.9. The Labute approximate surface area is 112 Å². The van der Waals surface area contributed by atoms with Crippen molar-refractivity contribution in [1.82, 2.24) is 4.90 Å². The van der Waals surface area contributed by atoms with Crippen LogP contribution in [0, 0.1) is 5.41 Å². The van der Waals surface area contributed by atoms with Crippen molar-refractivity contribution in [3.8, 4) is 0 Å². The van der Waals surface area contributed by atoms with E-state index in [0.29, 0.717) is 5.41 Å². The second kappa shape index (κ2) is 4.99. The van der Waals surface area contributed by atoms with Crippen LogP contribution in [0.15, 0.2) is 22.7 Å². The Hall–Kier alpha value is -0.540. The highest BCUT2D eigenvalue weighted by Crippen LogP contribution is 2.31. The van der Waals surface area contributed by atoms with Gasteiger partial charge in [0.15, 0.2) is 0 Å². The minimum atomic E-state index is 0.523. The number of hydrogen-bond acceptors (Lipinski definition) is 2. The first-order chi connectivity index (χ1) is 7.96. The molecule has 2 rings (SSSR count). The molecule has 0 saturated carbocycles. The molecule has 0 aliphatic carbocycles. The second-order valence-electron chi connectivity index (χ2n) is 5.79. The van der Waals surface area contributed by atoms with E-state index < -0.39 is 0 Å². The van der Waals surface area contributed by atoms with E-state index in [9.17, 15) is 0 Å². The minimum absolute atomic E-state index is 0.523. The molecule has 0 atom stereocenters. The van der Waals surface area contributed by atoms with Crippen molar-refractivity contribution < 1.29 is 0 Å². The van der Waals surface area contributed by atoms with Crippen molar-refractivity contribution in [3.63, 3.8) is 0 Å². The minimum Gasteiger partial charge on any atom is -0.399 e. The van der Waals surface area contributed by atoms with Gasteiger partial charge in [0.1, 0.15) is 0 Å². The lowest BCUT2D eigenvalue weighted by molar-refractivity contribution is 0.127. The molecule has 1 saturated heterocycles. The van der Waals surface area contributed by atoms with Gasteiger partial charge in [0.05, 0.1) is 0 Å². The van der Waals surface area contributed by atoms with Crippen LogP contribution in [0.25, 0.3) is 0 Å². The highest BCUT2D eigenvalue weighted by molar-refractivity contribution is 9.10. The van der Waals surface area contributed by atoms with E-state index in [0.717, 1.165) is 16.7 Å². The number of benzene rings is 1. The van der Waals surface area contributed by atoms with Crippen molar-refractivity contribution in [3.05, 3.63) is 28.2 Å². The van der Waals surface area contributed by atoms with Crippen LogP contribution in [0.2, 0.25) is 0 Å². The molecule has 1 heterocycles. The van der Waals surface area contributed by atoms with Gasteiger partial charge in [0.2, 0.25) is 0 Å². The molecule has 1 aliphatic rings. The predicted molar refractivity (Wildman–Crippen MR) is 76.8 cm³/mol. The topological polar surface area (TPSA) is 29.3 Å². The van der Waals surface area contributed by atoms with Crippen LogP contribution in [0.5, 0.6) is 0 Å². The molecule has 0 spiro atoms. The van der Waals surface area contributed by atoms with E-state index in [4.69, 9.17) is 5.73 Å². The maximum Gasteiger partial charge on any atom is 0.0325 e. The molecule has 0 amide bonds. The number of piperidine rings is 1. The smallest absolute Gasteiger partial charge is 0.0325 e. The van der Waals surface area contributed by atoms with Crippen LogP contribution in [-0.2, 0) is 6.54 Å². The molecule has 94 valence electrons. The summed E-state index contributed by atoms with van der Waals surface area (Å²) >= 11 is 3.59. The molecule has 0 bridgehead atoms. The fourth-order valence-electron chi connectivity index (χ4n) is 2.25. The summed E-state index contributed by atoms with van der Waals surface area (Å²) in [6.45, 7) is 8.15. The predicted octanol–water partition coefficient (Wildman–Crippen LogP) is 3.65. The van der Waals surface area contributed by atoms with Crippen molar-refractivity contribution in [2.24, 2.45) is 5.41 Å². The largest absolute Gasteiger partial charge is 0.399 e. The number of nitrogens with zero attached hydrogens (tertiary/aromatic N) is 1. The molecule has 2 nitrogen and oxygen atoms in total. The average molecular weight is 297 g/mol. The summed E-state index contributed by atoms with van der Waals surface area (Å²) < 4.78 is 1.13. The van der Waals surface area contributed by atoms with Crippen molar-refractivity contribution in [2.45, 2.75) is 33.2 Å². The fourth-order valence-corrected chi connectivity index (χ4v) is 2.77. The lowest BCUT2D eigenvalue weighted by Gasteiger charge is -2.37. The van der Waals surface area contributed by atoms with E-state index in [1.165, 1.54) is 31.5 Å². The van der Waals surface area contributed by atoms with E-state index in [-0.39, 0.29) is 0 Å². The van der Waals surface area contributed by atoms with Crippen molar-refractivity contribution in [2.75, 3.05) is 18.8 Å². The first-order valence-corrected chi connectivity index (χ1v) is 7.02. The molecule has 0 radical (unpaired) electrons. The second-order valence-corrected chi connectivity index (χ2v) is 6.65. The lowest BCUT2D eigenvalue weighted by atomic mass is 9.82. The van der Waals surface area contributed by atoms with Crippen molar-refractivity contribution >= 4 is 21.6 Å². The van der Waals surface area contributed by atoms with Crippen LogP contribution in [0.3, 0.4) is 0 Å². The summed E-state index contributed by atoms with van der Waals surface area (Å²) in [6.07, 6.45) is 2.58. The number of halogens is 1. The standard InChI is InChI=1S/C14H21BrN2/c1-14(2)5-7-17(8-6-14)10-11-3-4-12(16)9-13(11)15/h3-4,9H,5-8,10,16H2,1-2H3. The van der Waals surface area contributed by atoms with Gasteiger partial charge < -0.3 is 5.73 Å². The molecule has 0 unspecified atom stereocenters. The molecule has 1 aromatic rings. The van der Waals surface area contributed by atoms with E-state index in [1.54, 1.807) is 0 Å². The van der Waals surface area contributed by atoms with Gasteiger partial charge in [-0.2, -0.15) is 0 Å². The zero-order chi connectivity index (χ0) is 12.5. The highest BCUT2D eigenvalue weighted by atomic mass is 79.9. The zero-order valence-corrected chi connectivity index (χ0v) is 12.3. The Morgan fingerprint density at radius 2 is 1.94 bits per heavy atom. The molecule has 1 aliphatic heterocycles. The van der Waals surface area contributed by atoms with Gasteiger partial charge in [-0.3, -0.25) is 4.90 Å². The third kappa shape index (κ3) is 3.46. The molecule has 1 aromatic carbocycles. The number of nitrogen functional groups attached to an aromatic ring is 1. The summed E-state index contributed by atoms with van der Waals surface area (Å²) in [4.78, 5) is 2.53. The third-order valence-electron chi connectivity index (χ3n) is 3.68. The molecule has 17 heavy (non-hydrogen) atoms. The zero-order valence-electron chi connectivity index (χ0n) is 10.7. The Bertz CT molecular complexity index is 391. The van der Waals surface area contributed by atoms with Gasteiger partial charge >= 0.3 is 0 Å². The summed E-state index contributed by atoms with van der Waals surface area (Å²) in [7, 11) is 0. The van der Waals surface area contributed by atoms with Gasteiger partial charge in [-0.1, -0.05) is 35.8 Å². The van der Waals surface area contributed by atoms with Crippen LogP contribution in [-0.4, -0.2) is 18.0 Å². The quantitative estimate of drug-likeness (QED) is 0.844.